The Morgan fingerprint density at radius 1 is 1.09 bits per heavy atom. The van der Waals surface area contributed by atoms with Crippen molar-refractivity contribution in [2.24, 2.45) is 5.41 Å². The monoisotopic (exact) mass is 477 g/mol. The number of anilines is 3. The first kappa shape index (κ1) is 21.7. The first-order valence-corrected chi connectivity index (χ1v) is 12.1. The number of thiophene rings is 1. The van der Waals surface area contributed by atoms with Crippen LogP contribution in [0.4, 0.5) is 21.9 Å². The fraction of sp³-hybridized carbons (Fsp3) is 0.231. The Labute approximate surface area is 202 Å². The number of hydrogen-bond donors (Lipinski definition) is 2. The van der Waals surface area contributed by atoms with Crippen LogP contribution in [0.5, 0.6) is 0 Å². The van der Waals surface area contributed by atoms with E-state index < -0.39 is 6.04 Å². The van der Waals surface area contributed by atoms with Gasteiger partial charge in [0.15, 0.2) is 5.78 Å². The lowest BCUT2D eigenvalue weighted by molar-refractivity contribution is -0.118. The van der Waals surface area contributed by atoms with Crippen LogP contribution in [0.2, 0.25) is 5.02 Å². The third kappa shape index (κ3) is 4.05. The molecule has 1 aliphatic heterocycles. The van der Waals surface area contributed by atoms with Crippen molar-refractivity contribution in [1.29, 1.82) is 0 Å². The van der Waals surface area contributed by atoms with E-state index in [1.807, 2.05) is 53.9 Å². The van der Waals surface area contributed by atoms with Crippen molar-refractivity contribution < 1.29 is 9.59 Å². The van der Waals surface area contributed by atoms with Gasteiger partial charge in [0.05, 0.1) is 22.1 Å². The van der Waals surface area contributed by atoms with Crippen LogP contribution in [0.25, 0.3) is 0 Å². The van der Waals surface area contributed by atoms with Crippen LogP contribution in [0, 0.1) is 5.41 Å². The normalized spacial score (nSPS) is 19.3. The minimum Gasteiger partial charge on any atom is -0.357 e. The number of urea groups is 1. The standard InChI is InChI=1S/C26H24ClN3O2S/c1-26(2)14-19-23(21(31)15-26)24(22-12-7-13-33-22)30(20-11-6-5-10-18(20)28-19)25(32)29-17-9-4-3-8-16(17)27/h3-13,24,28H,14-15H2,1-2H3,(H,29,32)/t24-/m0/s1. The topological polar surface area (TPSA) is 61.4 Å². The zero-order valence-electron chi connectivity index (χ0n) is 18.4. The van der Waals surface area contributed by atoms with Gasteiger partial charge in [0, 0.05) is 22.6 Å². The number of halogens is 1. The molecule has 33 heavy (non-hydrogen) atoms. The van der Waals surface area contributed by atoms with Gasteiger partial charge in [-0.25, -0.2) is 4.79 Å². The summed E-state index contributed by atoms with van der Waals surface area (Å²) in [5.41, 5.74) is 3.41. The minimum atomic E-state index is -0.540. The maximum atomic E-state index is 13.8. The molecule has 0 saturated carbocycles. The summed E-state index contributed by atoms with van der Waals surface area (Å²) in [7, 11) is 0. The molecule has 0 unspecified atom stereocenters. The summed E-state index contributed by atoms with van der Waals surface area (Å²) in [4.78, 5) is 30.0. The number of nitrogens with zero attached hydrogens (tertiary/aromatic N) is 1. The molecule has 1 atom stereocenters. The number of benzene rings is 2. The largest absolute Gasteiger partial charge is 0.357 e. The summed E-state index contributed by atoms with van der Waals surface area (Å²) < 4.78 is 0. The van der Waals surface area contributed by atoms with Crippen molar-refractivity contribution >= 4 is 51.8 Å². The third-order valence-corrected chi connectivity index (χ3v) is 7.30. The predicted molar refractivity (Wildman–Crippen MR) is 135 cm³/mol. The zero-order valence-corrected chi connectivity index (χ0v) is 20.0. The second-order valence-corrected chi connectivity index (χ2v) is 10.6. The van der Waals surface area contributed by atoms with Crippen molar-refractivity contribution in [3.63, 3.8) is 0 Å². The highest BCUT2D eigenvalue weighted by atomic mass is 35.5. The van der Waals surface area contributed by atoms with Gasteiger partial charge in [0.2, 0.25) is 0 Å². The van der Waals surface area contributed by atoms with Crippen molar-refractivity contribution in [1.82, 2.24) is 0 Å². The highest BCUT2D eigenvalue weighted by Crippen LogP contribution is 2.49. The smallest absolute Gasteiger partial charge is 0.327 e. The van der Waals surface area contributed by atoms with Gasteiger partial charge < -0.3 is 10.6 Å². The molecule has 2 N–H and O–H groups in total. The Balaban J connectivity index is 1.70. The van der Waals surface area contributed by atoms with E-state index in [-0.39, 0.29) is 17.2 Å². The number of nitrogens with one attached hydrogen (secondary N) is 2. The number of amides is 2. The Bertz CT molecular complexity index is 1270. The van der Waals surface area contributed by atoms with E-state index in [4.69, 9.17) is 11.6 Å². The van der Waals surface area contributed by atoms with Crippen molar-refractivity contribution in [3.05, 3.63) is 87.2 Å². The SMILES string of the molecule is CC1(C)CC(=O)C2=C(C1)Nc1ccccc1N(C(=O)Nc1ccccc1Cl)[C@H]2c1cccs1. The highest BCUT2D eigenvalue weighted by molar-refractivity contribution is 7.10. The number of para-hydroxylation sites is 3. The van der Waals surface area contributed by atoms with Gasteiger partial charge in [-0.15, -0.1) is 11.3 Å². The maximum Gasteiger partial charge on any atom is 0.327 e. The van der Waals surface area contributed by atoms with Gasteiger partial charge in [-0.05, 0) is 47.5 Å². The molecule has 1 aromatic heterocycles. The predicted octanol–water partition coefficient (Wildman–Crippen LogP) is 7.25. The molecule has 168 valence electrons. The lowest BCUT2D eigenvalue weighted by atomic mass is 9.74. The van der Waals surface area contributed by atoms with Crippen LogP contribution in [0.3, 0.4) is 0 Å². The summed E-state index contributed by atoms with van der Waals surface area (Å²) in [6.07, 6.45) is 1.16. The Morgan fingerprint density at radius 2 is 1.85 bits per heavy atom. The fourth-order valence-corrected chi connectivity index (χ4v) is 5.67. The van der Waals surface area contributed by atoms with Crippen LogP contribution in [-0.4, -0.2) is 11.8 Å². The van der Waals surface area contributed by atoms with E-state index in [0.29, 0.717) is 28.4 Å². The van der Waals surface area contributed by atoms with E-state index in [1.54, 1.807) is 17.0 Å². The summed E-state index contributed by atoms with van der Waals surface area (Å²) in [5, 5.41) is 8.91. The second kappa shape index (κ2) is 8.36. The van der Waals surface area contributed by atoms with Gasteiger partial charge >= 0.3 is 6.03 Å². The number of ketones is 1. The average molecular weight is 478 g/mol. The fourth-order valence-electron chi connectivity index (χ4n) is 4.66. The van der Waals surface area contributed by atoms with Crippen molar-refractivity contribution in [2.45, 2.75) is 32.7 Å². The molecule has 2 heterocycles. The highest BCUT2D eigenvalue weighted by Gasteiger charge is 2.43. The van der Waals surface area contributed by atoms with E-state index >= 15 is 0 Å². The van der Waals surface area contributed by atoms with Crippen molar-refractivity contribution in [2.75, 3.05) is 15.5 Å². The lowest BCUT2D eigenvalue weighted by Gasteiger charge is -2.36. The molecule has 0 bridgehead atoms. The van der Waals surface area contributed by atoms with Crippen LogP contribution < -0.4 is 15.5 Å². The van der Waals surface area contributed by atoms with Gasteiger partial charge in [0.25, 0.3) is 0 Å². The van der Waals surface area contributed by atoms with E-state index in [1.165, 1.54) is 11.3 Å². The maximum absolute atomic E-state index is 13.8. The summed E-state index contributed by atoms with van der Waals surface area (Å²) >= 11 is 7.87. The summed E-state index contributed by atoms with van der Waals surface area (Å²) in [6.45, 7) is 4.21. The third-order valence-electron chi connectivity index (χ3n) is 6.05. The molecule has 0 fully saturated rings. The Kier molecular flexibility index (Phi) is 5.51. The minimum absolute atomic E-state index is 0.0653. The van der Waals surface area contributed by atoms with Gasteiger partial charge in [-0.1, -0.05) is 55.8 Å². The number of Topliss-reactive ketones (excluding diaryl/α,β-unsaturated/α-hetero) is 1. The quantitative estimate of drug-likeness (QED) is 0.408. The molecule has 0 spiro atoms. The molecule has 2 amide bonds. The first-order chi connectivity index (χ1) is 15.8. The van der Waals surface area contributed by atoms with Gasteiger partial charge in [0.1, 0.15) is 6.04 Å². The molecule has 3 aromatic rings. The molecule has 2 aromatic carbocycles. The number of carbonyl (C=O) groups excluding carboxylic acids is 2. The molecule has 5 nitrogen and oxygen atoms in total. The van der Waals surface area contributed by atoms with E-state index in [0.717, 1.165) is 22.7 Å². The van der Waals surface area contributed by atoms with Crippen molar-refractivity contribution in [3.8, 4) is 0 Å². The second-order valence-electron chi connectivity index (χ2n) is 9.17. The summed E-state index contributed by atoms with van der Waals surface area (Å²) in [6, 6.07) is 17.9. The summed E-state index contributed by atoms with van der Waals surface area (Å²) in [5.74, 6) is 0.0653. The van der Waals surface area contributed by atoms with Gasteiger partial charge in [-0.3, -0.25) is 9.69 Å². The lowest BCUT2D eigenvalue weighted by Crippen LogP contribution is -2.41. The van der Waals surface area contributed by atoms with E-state index in [9.17, 15) is 9.59 Å². The number of fused-ring (bicyclic) bond motifs is 1. The Morgan fingerprint density at radius 3 is 2.61 bits per heavy atom. The zero-order chi connectivity index (χ0) is 23.2. The number of hydrogen-bond acceptors (Lipinski definition) is 4. The molecule has 2 aliphatic rings. The Hall–Kier alpha value is -3.09. The number of allylic oxidation sites excluding steroid dienone is 1. The van der Waals surface area contributed by atoms with Crippen LogP contribution in [0.1, 0.15) is 37.6 Å². The van der Waals surface area contributed by atoms with Crippen LogP contribution in [-0.2, 0) is 4.79 Å². The molecule has 1 aliphatic carbocycles. The van der Waals surface area contributed by atoms with E-state index in [2.05, 4.69) is 24.5 Å². The molecule has 0 saturated heterocycles. The number of carbonyl (C=O) groups is 2. The average Bonchev–Trinajstić information content (AvgIpc) is 3.24. The van der Waals surface area contributed by atoms with Crippen LogP contribution >= 0.6 is 22.9 Å². The van der Waals surface area contributed by atoms with Crippen LogP contribution in [0.15, 0.2) is 77.3 Å². The molecular weight excluding hydrogens is 454 g/mol. The number of rotatable bonds is 2. The molecule has 5 rings (SSSR count). The first-order valence-electron chi connectivity index (χ1n) is 10.8. The molecule has 7 heteroatoms. The molecular formula is C26H24ClN3O2S. The molecule has 0 radical (unpaired) electrons. The van der Waals surface area contributed by atoms with Gasteiger partial charge in [-0.2, -0.15) is 0 Å².